The van der Waals surface area contributed by atoms with Crippen LogP contribution in [0.15, 0.2) is 23.8 Å². The van der Waals surface area contributed by atoms with Crippen LogP contribution >= 0.6 is 0 Å². The molecule has 0 fully saturated rings. The van der Waals surface area contributed by atoms with Gasteiger partial charge in [-0.1, -0.05) is 39.0 Å². The van der Waals surface area contributed by atoms with Crippen molar-refractivity contribution in [2.24, 2.45) is 23.7 Å². The molecule has 0 aromatic rings. The lowest BCUT2D eigenvalue weighted by atomic mass is 9.66. The van der Waals surface area contributed by atoms with Gasteiger partial charge in [0.25, 0.3) is 0 Å². The highest BCUT2D eigenvalue weighted by Gasteiger charge is 2.42. The summed E-state index contributed by atoms with van der Waals surface area (Å²) in [5.41, 5.74) is 1.10. The lowest BCUT2D eigenvalue weighted by Gasteiger charge is -2.43. The maximum atomic E-state index is 12.6. The van der Waals surface area contributed by atoms with Crippen molar-refractivity contribution >= 4 is 11.9 Å². The zero-order valence-electron chi connectivity index (χ0n) is 19.1. The van der Waals surface area contributed by atoms with E-state index in [2.05, 4.69) is 25.2 Å². The summed E-state index contributed by atoms with van der Waals surface area (Å²) in [6.07, 6.45) is 6.20. The maximum Gasteiger partial charge on any atom is 0.308 e. The van der Waals surface area contributed by atoms with E-state index in [9.17, 15) is 19.8 Å². The second-order valence-corrected chi connectivity index (χ2v) is 9.09. The summed E-state index contributed by atoms with van der Waals surface area (Å²) < 4.78 is 11.5. The molecule has 2 rings (SSSR count). The molecule has 0 spiro atoms. The van der Waals surface area contributed by atoms with Gasteiger partial charge in [-0.3, -0.25) is 9.59 Å². The van der Waals surface area contributed by atoms with Gasteiger partial charge in [-0.05, 0) is 43.1 Å². The Morgan fingerprint density at radius 3 is 2.58 bits per heavy atom. The minimum absolute atomic E-state index is 0.0237. The van der Waals surface area contributed by atoms with Crippen LogP contribution in [0.5, 0.6) is 0 Å². The summed E-state index contributed by atoms with van der Waals surface area (Å²) in [5, 5.41) is 28.9. The number of methoxy groups -OCH3 is 1. The smallest absolute Gasteiger partial charge is 0.308 e. The second-order valence-electron chi connectivity index (χ2n) is 9.09. The van der Waals surface area contributed by atoms with Gasteiger partial charge >= 0.3 is 11.9 Å². The first-order valence-electron chi connectivity index (χ1n) is 11.4. The van der Waals surface area contributed by atoms with E-state index >= 15 is 0 Å². The SMILES string of the molecule is CC[C@H](C)C(=O)OC1C[C@H](OC)C=C2C=C[C@H](C)[C@H](CC[C@@H](O)C[C@@H](O)CC(=O)O)[C@H]21. The van der Waals surface area contributed by atoms with Crippen LogP contribution in [0.2, 0.25) is 0 Å². The fourth-order valence-electron chi connectivity index (χ4n) is 4.67. The molecular formula is C24H38O7. The molecule has 0 saturated carbocycles. The molecular weight excluding hydrogens is 400 g/mol. The quantitative estimate of drug-likeness (QED) is 0.425. The Kier molecular flexibility index (Phi) is 9.72. The lowest BCUT2D eigenvalue weighted by molar-refractivity contribution is -0.159. The van der Waals surface area contributed by atoms with Crippen molar-refractivity contribution in [2.75, 3.05) is 7.11 Å². The average Bonchev–Trinajstić information content (AvgIpc) is 2.71. The van der Waals surface area contributed by atoms with Crippen molar-refractivity contribution in [3.8, 4) is 0 Å². The zero-order valence-corrected chi connectivity index (χ0v) is 19.1. The van der Waals surface area contributed by atoms with Crippen LogP contribution in [0.25, 0.3) is 0 Å². The fourth-order valence-corrected chi connectivity index (χ4v) is 4.67. The number of hydrogen-bond acceptors (Lipinski definition) is 6. The standard InChI is InChI=1S/C24H38O7/c1-5-14(2)24(29)31-21-13-19(30-4)10-16-7-6-15(3)20(23(16)21)9-8-17(25)11-18(26)12-22(27)28/h6-7,10,14-15,17-21,23,25-26H,5,8-9,11-13H2,1-4H3,(H,27,28)/t14-,15-,17+,18+,19+,20-,21?,23-/m0/s1. The number of aliphatic hydroxyl groups is 2. The van der Waals surface area contributed by atoms with Crippen molar-refractivity contribution in [2.45, 2.75) is 83.7 Å². The minimum Gasteiger partial charge on any atom is -0.481 e. The summed E-state index contributed by atoms with van der Waals surface area (Å²) in [4.78, 5) is 23.3. The molecule has 0 saturated heterocycles. The van der Waals surface area contributed by atoms with E-state index in [0.29, 0.717) is 19.3 Å². The molecule has 0 amide bonds. The summed E-state index contributed by atoms with van der Waals surface area (Å²) >= 11 is 0. The van der Waals surface area contributed by atoms with Crippen LogP contribution in [-0.2, 0) is 19.1 Å². The highest BCUT2D eigenvalue weighted by molar-refractivity contribution is 5.72. The Morgan fingerprint density at radius 1 is 1.26 bits per heavy atom. The van der Waals surface area contributed by atoms with Gasteiger partial charge in [0, 0.05) is 19.4 Å². The molecule has 176 valence electrons. The molecule has 0 aromatic heterocycles. The molecule has 2 aliphatic rings. The van der Waals surface area contributed by atoms with Gasteiger partial charge in [0.15, 0.2) is 0 Å². The Morgan fingerprint density at radius 2 is 1.97 bits per heavy atom. The number of fused-ring (bicyclic) bond motifs is 1. The van der Waals surface area contributed by atoms with Crippen molar-refractivity contribution < 1.29 is 34.4 Å². The topological polar surface area (TPSA) is 113 Å². The number of hydrogen-bond donors (Lipinski definition) is 3. The predicted molar refractivity (Wildman–Crippen MR) is 116 cm³/mol. The first-order chi connectivity index (χ1) is 14.7. The third kappa shape index (κ3) is 7.16. The number of carboxylic acids is 1. The van der Waals surface area contributed by atoms with Gasteiger partial charge in [-0.2, -0.15) is 0 Å². The van der Waals surface area contributed by atoms with Gasteiger partial charge in [-0.15, -0.1) is 0 Å². The molecule has 8 atom stereocenters. The Labute approximate surface area is 185 Å². The number of aliphatic hydroxyl groups excluding tert-OH is 2. The third-order valence-electron chi connectivity index (χ3n) is 6.73. The summed E-state index contributed by atoms with van der Waals surface area (Å²) in [7, 11) is 1.65. The molecule has 0 aromatic carbocycles. The molecule has 0 radical (unpaired) electrons. The summed E-state index contributed by atoms with van der Waals surface area (Å²) in [6.45, 7) is 5.96. The van der Waals surface area contributed by atoms with Crippen molar-refractivity contribution in [3.05, 3.63) is 23.8 Å². The number of carboxylic acid groups (broad SMARTS) is 1. The molecule has 0 bridgehead atoms. The van der Waals surface area contributed by atoms with E-state index in [-0.39, 0.29) is 54.7 Å². The second kappa shape index (κ2) is 11.8. The Balaban J connectivity index is 2.13. The van der Waals surface area contributed by atoms with Crippen LogP contribution in [0.3, 0.4) is 0 Å². The van der Waals surface area contributed by atoms with E-state index in [1.54, 1.807) is 7.11 Å². The minimum atomic E-state index is -1.08. The molecule has 2 aliphatic carbocycles. The van der Waals surface area contributed by atoms with Crippen molar-refractivity contribution in [1.29, 1.82) is 0 Å². The highest BCUT2D eigenvalue weighted by atomic mass is 16.5. The van der Waals surface area contributed by atoms with Crippen LogP contribution in [0.1, 0.15) is 59.3 Å². The van der Waals surface area contributed by atoms with Crippen LogP contribution < -0.4 is 0 Å². The lowest BCUT2D eigenvalue weighted by Crippen LogP contribution is -2.43. The predicted octanol–water partition coefficient (Wildman–Crippen LogP) is 3.09. The van der Waals surface area contributed by atoms with Crippen molar-refractivity contribution in [1.82, 2.24) is 0 Å². The van der Waals surface area contributed by atoms with E-state index < -0.39 is 18.2 Å². The molecule has 1 unspecified atom stereocenters. The first kappa shape index (κ1) is 25.6. The van der Waals surface area contributed by atoms with Gasteiger partial charge in [0.05, 0.1) is 30.7 Å². The molecule has 0 aliphatic heterocycles. The van der Waals surface area contributed by atoms with E-state index in [4.69, 9.17) is 14.6 Å². The number of carbonyl (C=O) groups excluding carboxylic acids is 1. The molecule has 0 heterocycles. The van der Waals surface area contributed by atoms with Gasteiger partial charge in [-0.25, -0.2) is 0 Å². The van der Waals surface area contributed by atoms with Gasteiger partial charge < -0.3 is 24.8 Å². The summed E-state index contributed by atoms with van der Waals surface area (Å²) in [6, 6.07) is 0. The number of aliphatic carboxylic acids is 1. The molecule has 31 heavy (non-hydrogen) atoms. The Bertz CT molecular complexity index is 671. The third-order valence-corrected chi connectivity index (χ3v) is 6.73. The number of esters is 1. The zero-order chi connectivity index (χ0) is 23.1. The monoisotopic (exact) mass is 438 g/mol. The number of allylic oxidation sites excluding steroid dienone is 2. The number of ether oxygens (including phenoxy) is 2. The molecule has 3 N–H and O–H groups in total. The van der Waals surface area contributed by atoms with E-state index in [1.807, 2.05) is 13.8 Å². The fraction of sp³-hybridized carbons (Fsp3) is 0.750. The van der Waals surface area contributed by atoms with Gasteiger partial charge in [0.1, 0.15) is 6.10 Å². The average molecular weight is 439 g/mol. The number of rotatable bonds is 11. The first-order valence-corrected chi connectivity index (χ1v) is 11.4. The summed E-state index contributed by atoms with van der Waals surface area (Å²) in [5.74, 6) is -1.02. The van der Waals surface area contributed by atoms with E-state index in [1.165, 1.54) is 0 Å². The highest BCUT2D eigenvalue weighted by Crippen LogP contribution is 2.44. The maximum absolute atomic E-state index is 12.6. The molecule has 7 heteroatoms. The van der Waals surface area contributed by atoms with Crippen molar-refractivity contribution in [3.63, 3.8) is 0 Å². The largest absolute Gasteiger partial charge is 0.481 e. The van der Waals surface area contributed by atoms with Crippen LogP contribution in [0.4, 0.5) is 0 Å². The normalized spacial score (nSPS) is 30.6. The van der Waals surface area contributed by atoms with Gasteiger partial charge in [0.2, 0.25) is 0 Å². The van der Waals surface area contributed by atoms with E-state index in [0.717, 1.165) is 12.0 Å². The Hall–Kier alpha value is -1.70. The molecule has 7 nitrogen and oxygen atoms in total. The van der Waals surface area contributed by atoms with Crippen LogP contribution in [0, 0.1) is 23.7 Å². The number of carbonyl (C=O) groups is 2. The van der Waals surface area contributed by atoms with Crippen LogP contribution in [-0.4, -0.2) is 58.8 Å².